The summed E-state index contributed by atoms with van der Waals surface area (Å²) in [5.74, 6) is 0.304. The van der Waals surface area contributed by atoms with Gasteiger partial charge in [0.1, 0.15) is 0 Å². The van der Waals surface area contributed by atoms with Crippen LogP contribution in [0.2, 0.25) is 0 Å². The van der Waals surface area contributed by atoms with Crippen LogP contribution in [0.4, 0.5) is 5.00 Å². The lowest BCUT2D eigenvalue weighted by Crippen LogP contribution is -2.50. The van der Waals surface area contributed by atoms with Crippen LogP contribution in [-0.4, -0.2) is 47.8 Å². The summed E-state index contributed by atoms with van der Waals surface area (Å²) in [5.41, 5.74) is 6.90. The highest BCUT2D eigenvalue weighted by atomic mass is 32.1. The highest BCUT2D eigenvalue weighted by Crippen LogP contribution is 2.42. The minimum Gasteiger partial charge on any atom is -0.390 e. The Morgan fingerprint density at radius 3 is 2.58 bits per heavy atom. The zero-order valence-electron chi connectivity index (χ0n) is 15.2. The Kier molecular flexibility index (Phi) is 4.39. The number of benzene rings is 1. The second kappa shape index (κ2) is 6.58. The fraction of sp³-hybridized carbons (Fsp3) is 0.500. The number of rotatable bonds is 2. The van der Waals surface area contributed by atoms with Gasteiger partial charge in [-0.15, -0.1) is 11.3 Å². The molecule has 2 aliphatic heterocycles. The van der Waals surface area contributed by atoms with Gasteiger partial charge in [-0.2, -0.15) is 0 Å². The topological polar surface area (TPSA) is 66.6 Å². The average Bonchev–Trinajstić information content (AvgIpc) is 2.98. The first-order valence-electron chi connectivity index (χ1n) is 9.37. The van der Waals surface area contributed by atoms with E-state index < -0.39 is 0 Å². The maximum atomic E-state index is 13.1. The number of anilines is 1. The van der Waals surface area contributed by atoms with Gasteiger partial charge in [0.05, 0.1) is 10.6 Å². The first kappa shape index (κ1) is 17.3. The summed E-state index contributed by atoms with van der Waals surface area (Å²) < 4.78 is 1.05. The number of likely N-dealkylation sites (tertiary alicyclic amines) is 2. The quantitative estimate of drug-likeness (QED) is 0.880. The fourth-order valence-electron chi connectivity index (χ4n) is 4.41. The third-order valence-electron chi connectivity index (χ3n) is 6.12. The molecule has 2 saturated heterocycles. The third kappa shape index (κ3) is 2.86. The van der Waals surface area contributed by atoms with Gasteiger partial charge in [0.15, 0.2) is 0 Å². The molecule has 3 heterocycles. The van der Waals surface area contributed by atoms with Crippen molar-refractivity contribution in [2.45, 2.75) is 32.6 Å². The first-order chi connectivity index (χ1) is 12.5. The lowest BCUT2D eigenvalue weighted by atomic mass is 9.71. The molecule has 0 aliphatic carbocycles. The molecule has 1 spiro atoms. The van der Waals surface area contributed by atoms with E-state index in [1.807, 2.05) is 41.0 Å². The maximum absolute atomic E-state index is 13.1. The number of fused-ring (bicyclic) bond motifs is 1. The van der Waals surface area contributed by atoms with Crippen LogP contribution in [0.5, 0.6) is 0 Å². The van der Waals surface area contributed by atoms with E-state index in [1.54, 1.807) is 0 Å². The molecule has 5 nitrogen and oxygen atoms in total. The van der Waals surface area contributed by atoms with Crippen LogP contribution in [-0.2, 0) is 4.79 Å². The van der Waals surface area contributed by atoms with E-state index >= 15 is 0 Å². The minimum atomic E-state index is 0.0344. The van der Waals surface area contributed by atoms with Gasteiger partial charge < -0.3 is 15.5 Å². The molecule has 6 heteroatoms. The van der Waals surface area contributed by atoms with Crippen LogP contribution in [0.25, 0.3) is 10.1 Å². The Morgan fingerprint density at radius 2 is 1.88 bits per heavy atom. The molecule has 0 atom stereocenters. The van der Waals surface area contributed by atoms with E-state index in [2.05, 4.69) is 0 Å². The van der Waals surface area contributed by atoms with Crippen LogP contribution in [0.3, 0.4) is 0 Å². The van der Waals surface area contributed by atoms with Crippen molar-refractivity contribution in [2.24, 2.45) is 5.41 Å². The maximum Gasteiger partial charge on any atom is 0.257 e. The van der Waals surface area contributed by atoms with E-state index in [0.29, 0.717) is 30.1 Å². The summed E-state index contributed by atoms with van der Waals surface area (Å²) in [6, 6.07) is 7.89. The molecular formula is C20H25N3O2S. The Morgan fingerprint density at radius 1 is 1.19 bits per heavy atom. The van der Waals surface area contributed by atoms with E-state index in [0.717, 1.165) is 42.4 Å². The largest absolute Gasteiger partial charge is 0.390 e. The minimum absolute atomic E-state index is 0.0344. The Bertz CT molecular complexity index is 852. The van der Waals surface area contributed by atoms with Crippen molar-refractivity contribution < 1.29 is 9.59 Å². The molecule has 2 fully saturated rings. The molecule has 1 aromatic carbocycles. The molecular weight excluding hydrogens is 346 g/mol. The van der Waals surface area contributed by atoms with Crippen LogP contribution >= 0.6 is 11.3 Å². The van der Waals surface area contributed by atoms with Crippen molar-refractivity contribution in [2.75, 3.05) is 31.9 Å². The monoisotopic (exact) mass is 371 g/mol. The van der Waals surface area contributed by atoms with Gasteiger partial charge in [-0.05, 0) is 37.7 Å². The van der Waals surface area contributed by atoms with Crippen LogP contribution < -0.4 is 5.73 Å². The molecule has 2 aliphatic rings. The van der Waals surface area contributed by atoms with Crippen molar-refractivity contribution in [1.29, 1.82) is 0 Å². The molecule has 0 unspecified atom stereocenters. The standard InChI is InChI=1S/C20H25N3O2S/c1-2-22-10-7-20(13-16(22)24)8-11-23(12-9-20)19(25)17-14-5-3-4-6-15(14)26-18(17)21/h3-6H,2,7-13,21H2,1H3. The Hall–Kier alpha value is -2.08. The first-order valence-corrected chi connectivity index (χ1v) is 10.2. The zero-order valence-corrected chi connectivity index (χ0v) is 16.0. The number of carbonyl (C=O) groups is 2. The zero-order chi connectivity index (χ0) is 18.3. The number of amides is 2. The lowest BCUT2D eigenvalue weighted by Gasteiger charge is -2.46. The molecule has 26 heavy (non-hydrogen) atoms. The van der Waals surface area contributed by atoms with Crippen LogP contribution in [0, 0.1) is 5.41 Å². The van der Waals surface area contributed by atoms with Crippen molar-refractivity contribution in [1.82, 2.24) is 9.80 Å². The summed E-state index contributed by atoms with van der Waals surface area (Å²) in [6.07, 6.45) is 3.50. The molecule has 4 rings (SSSR count). The Labute approximate surface area is 157 Å². The average molecular weight is 372 g/mol. The molecule has 0 radical (unpaired) electrons. The number of carbonyl (C=O) groups excluding carboxylic acids is 2. The SMILES string of the molecule is CCN1CCC2(CCN(C(=O)c3c(N)sc4ccccc34)CC2)CC1=O. The highest BCUT2D eigenvalue weighted by Gasteiger charge is 2.42. The number of hydrogen-bond donors (Lipinski definition) is 1. The van der Waals surface area contributed by atoms with E-state index in [9.17, 15) is 9.59 Å². The van der Waals surface area contributed by atoms with Gasteiger partial charge in [0.25, 0.3) is 5.91 Å². The van der Waals surface area contributed by atoms with Crippen molar-refractivity contribution in [3.63, 3.8) is 0 Å². The molecule has 2 N–H and O–H groups in total. The van der Waals surface area contributed by atoms with Gasteiger partial charge in [-0.3, -0.25) is 9.59 Å². The van der Waals surface area contributed by atoms with Crippen molar-refractivity contribution in [3.8, 4) is 0 Å². The molecule has 2 amide bonds. The van der Waals surface area contributed by atoms with Crippen molar-refractivity contribution in [3.05, 3.63) is 29.8 Å². The number of hydrogen-bond acceptors (Lipinski definition) is 4. The molecule has 0 bridgehead atoms. The Balaban J connectivity index is 1.49. The summed E-state index contributed by atoms with van der Waals surface area (Å²) in [5, 5.41) is 1.55. The summed E-state index contributed by atoms with van der Waals surface area (Å²) in [4.78, 5) is 29.3. The van der Waals surface area contributed by atoms with Crippen molar-refractivity contribution >= 4 is 38.2 Å². The van der Waals surface area contributed by atoms with Gasteiger partial charge in [-0.1, -0.05) is 18.2 Å². The van der Waals surface area contributed by atoms with Gasteiger partial charge in [-0.25, -0.2) is 0 Å². The fourth-order valence-corrected chi connectivity index (χ4v) is 5.37. The third-order valence-corrected chi connectivity index (χ3v) is 7.12. The predicted octanol–water partition coefficient (Wildman–Crippen LogP) is 3.35. The second-order valence-corrected chi connectivity index (χ2v) is 8.61. The molecule has 1 aromatic heterocycles. The number of thiophene rings is 1. The van der Waals surface area contributed by atoms with Crippen LogP contribution in [0.1, 0.15) is 43.0 Å². The molecule has 138 valence electrons. The number of nitrogens with zero attached hydrogens (tertiary/aromatic N) is 2. The van der Waals surface area contributed by atoms with E-state index in [1.165, 1.54) is 11.3 Å². The molecule has 2 aromatic rings. The van der Waals surface area contributed by atoms with E-state index in [-0.39, 0.29) is 17.2 Å². The predicted molar refractivity (Wildman–Crippen MR) is 105 cm³/mol. The normalized spacial score (nSPS) is 20.1. The summed E-state index contributed by atoms with van der Waals surface area (Å²) in [7, 11) is 0. The number of nitrogen functional groups attached to an aromatic ring is 1. The number of piperidine rings is 2. The van der Waals surface area contributed by atoms with Gasteiger partial charge >= 0.3 is 0 Å². The second-order valence-electron chi connectivity index (χ2n) is 7.53. The molecule has 0 saturated carbocycles. The summed E-state index contributed by atoms with van der Waals surface area (Å²) in [6.45, 7) is 5.10. The number of nitrogens with two attached hydrogens (primary N) is 1. The lowest BCUT2D eigenvalue weighted by molar-refractivity contribution is -0.139. The van der Waals surface area contributed by atoms with Gasteiger partial charge in [0.2, 0.25) is 5.91 Å². The van der Waals surface area contributed by atoms with E-state index in [4.69, 9.17) is 5.73 Å². The summed E-state index contributed by atoms with van der Waals surface area (Å²) >= 11 is 1.48. The van der Waals surface area contributed by atoms with Crippen LogP contribution in [0.15, 0.2) is 24.3 Å². The van der Waals surface area contributed by atoms with Gasteiger partial charge in [0, 0.05) is 42.7 Å². The smallest absolute Gasteiger partial charge is 0.257 e. The highest BCUT2D eigenvalue weighted by molar-refractivity contribution is 7.23.